The Morgan fingerprint density at radius 3 is 3.28 bits per heavy atom. The molecule has 1 N–H and O–H groups in total. The summed E-state index contributed by atoms with van der Waals surface area (Å²) < 4.78 is 5.29. The Labute approximate surface area is 110 Å². The van der Waals surface area contributed by atoms with Crippen LogP contribution in [0.3, 0.4) is 0 Å². The third-order valence-electron chi connectivity index (χ3n) is 3.00. The lowest BCUT2D eigenvalue weighted by molar-refractivity contribution is 0.271. The average molecular weight is 264 g/mol. The van der Waals surface area contributed by atoms with Crippen molar-refractivity contribution in [1.82, 2.24) is 20.4 Å². The molecule has 1 fully saturated rings. The molecule has 0 spiro atoms. The largest absolute Gasteiger partial charge is 0.333 e. The van der Waals surface area contributed by atoms with Gasteiger partial charge in [-0.15, -0.1) is 11.3 Å². The highest BCUT2D eigenvalue weighted by Crippen LogP contribution is 2.22. The molecule has 6 heteroatoms. The van der Waals surface area contributed by atoms with Gasteiger partial charge in [-0.25, -0.2) is 0 Å². The first-order valence-corrected chi connectivity index (χ1v) is 7.09. The van der Waals surface area contributed by atoms with E-state index in [1.54, 1.807) is 11.3 Å². The van der Waals surface area contributed by atoms with E-state index in [0.29, 0.717) is 5.89 Å². The Hall–Kier alpha value is -1.24. The second-order valence-corrected chi connectivity index (χ2v) is 5.32. The first-order valence-electron chi connectivity index (χ1n) is 6.21. The summed E-state index contributed by atoms with van der Waals surface area (Å²) in [5, 5.41) is 9.46. The average Bonchev–Trinajstić information content (AvgIpc) is 2.98. The van der Waals surface area contributed by atoms with Crippen molar-refractivity contribution in [2.24, 2.45) is 0 Å². The Bertz CT molecular complexity index is 474. The number of nitrogens with one attached hydrogen (secondary N) is 1. The molecule has 2 aromatic rings. The van der Waals surface area contributed by atoms with Gasteiger partial charge in [0.2, 0.25) is 0 Å². The van der Waals surface area contributed by atoms with Gasteiger partial charge in [-0.05, 0) is 31.0 Å². The van der Waals surface area contributed by atoms with Crippen LogP contribution in [-0.2, 0) is 6.54 Å². The summed E-state index contributed by atoms with van der Waals surface area (Å²) in [7, 11) is 0. The highest BCUT2D eigenvalue weighted by Gasteiger charge is 2.14. The van der Waals surface area contributed by atoms with E-state index in [4.69, 9.17) is 4.52 Å². The molecule has 3 rings (SSSR count). The number of hydrogen-bond acceptors (Lipinski definition) is 6. The van der Waals surface area contributed by atoms with Gasteiger partial charge in [0.1, 0.15) is 0 Å². The van der Waals surface area contributed by atoms with E-state index in [2.05, 4.69) is 20.4 Å². The van der Waals surface area contributed by atoms with Crippen molar-refractivity contribution in [2.75, 3.05) is 26.2 Å². The summed E-state index contributed by atoms with van der Waals surface area (Å²) in [6, 6.07) is 3.99. The lowest BCUT2D eigenvalue weighted by Gasteiger charge is -2.16. The van der Waals surface area contributed by atoms with Gasteiger partial charge in [0.15, 0.2) is 5.82 Å². The highest BCUT2D eigenvalue weighted by atomic mass is 32.1. The minimum Gasteiger partial charge on any atom is -0.333 e. The van der Waals surface area contributed by atoms with Crippen molar-refractivity contribution < 1.29 is 4.52 Å². The molecule has 5 nitrogen and oxygen atoms in total. The van der Waals surface area contributed by atoms with Crippen molar-refractivity contribution in [2.45, 2.75) is 13.0 Å². The summed E-state index contributed by atoms with van der Waals surface area (Å²) in [5.74, 6) is 1.41. The van der Waals surface area contributed by atoms with E-state index in [1.165, 1.54) is 6.42 Å². The zero-order chi connectivity index (χ0) is 12.2. The van der Waals surface area contributed by atoms with Crippen molar-refractivity contribution in [3.8, 4) is 10.8 Å². The molecule has 1 aliphatic heterocycles. The maximum atomic E-state index is 5.29. The first kappa shape index (κ1) is 11.8. The number of hydrogen-bond donors (Lipinski definition) is 1. The summed E-state index contributed by atoms with van der Waals surface area (Å²) in [4.78, 5) is 7.85. The molecule has 0 amide bonds. The normalized spacial score (nSPS) is 17.8. The van der Waals surface area contributed by atoms with Gasteiger partial charge in [0, 0.05) is 13.1 Å². The third kappa shape index (κ3) is 2.77. The molecule has 0 atom stereocenters. The smallest absolute Gasteiger partial charge is 0.268 e. The van der Waals surface area contributed by atoms with Crippen LogP contribution in [0.2, 0.25) is 0 Å². The second-order valence-electron chi connectivity index (χ2n) is 4.37. The van der Waals surface area contributed by atoms with E-state index in [9.17, 15) is 0 Å². The van der Waals surface area contributed by atoms with Gasteiger partial charge < -0.3 is 9.84 Å². The number of aromatic nitrogens is 2. The fourth-order valence-corrected chi connectivity index (χ4v) is 2.72. The first-order chi connectivity index (χ1) is 8.92. The summed E-state index contributed by atoms with van der Waals surface area (Å²) in [6.45, 7) is 5.05. The Kier molecular flexibility index (Phi) is 3.68. The summed E-state index contributed by atoms with van der Waals surface area (Å²) in [5.41, 5.74) is 0. The van der Waals surface area contributed by atoms with Crippen LogP contribution in [0.25, 0.3) is 10.8 Å². The van der Waals surface area contributed by atoms with Crippen LogP contribution in [0.5, 0.6) is 0 Å². The molecule has 0 aliphatic carbocycles. The molecule has 0 bridgehead atoms. The van der Waals surface area contributed by atoms with Crippen LogP contribution in [0.1, 0.15) is 12.2 Å². The zero-order valence-corrected chi connectivity index (χ0v) is 10.9. The lowest BCUT2D eigenvalue weighted by Crippen LogP contribution is -2.28. The molecule has 0 aromatic carbocycles. The van der Waals surface area contributed by atoms with E-state index >= 15 is 0 Å². The Morgan fingerprint density at radius 2 is 2.39 bits per heavy atom. The van der Waals surface area contributed by atoms with Crippen LogP contribution >= 0.6 is 11.3 Å². The van der Waals surface area contributed by atoms with E-state index in [0.717, 1.165) is 43.4 Å². The maximum Gasteiger partial charge on any atom is 0.268 e. The molecular weight excluding hydrogens is 248 g/mol. The molecule has 3 heterocycles. The van der Waals surface area contributed by atoms with E-state index in [1.807, 2.05) is 17.5 Å². The van der Waals surface area contributed by atoms with E-state index < -0.39 is 0 Å². The second kappa shape index (κ2) is 5.60. The van der Waals surface area contributed by atoms with Gasteiger partial charge >= 0.3 is 0 Å². The van der Waals surface area contributed by atoms with Crippen LogP contribution < -0.4 is 5.32 Å². The van der Waals surface area contributed by atoms with Crippen LogP contribution in [0.15, 0.2) is 22.0 Å². The van der Waals surface area contributed by atoms with Crippen LogP contribution in [-0.4, -0.2) is 41.2 Å². The molecule has 1 aliphatic rings. The van der Waals surface area contributed by atoms with Crippen LogP contribution in [0.4, 0.5) is 0 Å². The fourth-order valence-electron chi connectivity index (χ4n) is 2.08. The van der Waals surface area contributed by atoms with Gasteiger partial charge in [-0.3, -0.25) is 4.90 Å². The predicted octanol–water partition coefficient (Wildman–Crippen LogP) is 1.59. The minimum absolute atomic E-state index is 0.632. The van der Waals surface area contributed by atoms with Crippen molar-refractivity contribution in [1.29, 1.82) is 0 Å². The predicted molar refractivity (Wildman–Crippen MR) is 70.4 cm³/mol. The minimum atomic E-state index is 0.632. The number of rotatable bonds is 3. The van der Waals surface area contributed by atoms with Crippen molar-refractivity contribution in [3.63, 3.8) is 0 Å². The molecule has 2 aromatic heterocycles. The van der Waals surface area contributed by atoms with Gasteiger partial charge in [0.25, 0.3) is 5.89 Å². The number of thiophene rings is 1. The maximum absolute atomic E-state index is 5.29. The topological polar surface area (TPSA) is 54.2 Å². The SMILES string of the molecule is c1csc(-c2nc(CN3CCCNCC3)no2)c1. The molecule has 0 radical (unpaired) electrons. The number of nitrogens with zero attached hydrogens (tertiary/aromatic N) is 3. The van der Waals surface area contributed by atoms with Gasteiger partial charge in [0.05, 0.1) is 11.4 Å². The van der Waals surface area contributed by atoms with Crippen molar-refractivity contribution >= 4 is 11.3 Å². The summed E-state index contributed by atoms with van der Waals surface area (Å²) >= 11 is 1.62. The molecule has 0 unspecified atom stereocenters. The van der Waals surface area contributed by atoms with Gasteiger partial charge in [-0.2, -0.15) is 4.98 Å². The molecule has 1 saturated heterocycles. The fraction of sp³-hybridized carbons (Fsp3) is 0.500. The molecule has 0 saturated carbocycles. The highest BCUT2D eigenvalue weighted by molar-refractivity contribution is 7.13. The third-order valence-corrected chi connectivity index (χ3v) is 3.86. The van der Waals surface area contributed by atoms with Crippen LogP contribution in [0, 0.1) is 0 Å². The molecular formula is C12H16N4OS. The lowest BCUT2D eigenvalue weighted by atomic mass is 10.4. The Balaban J connectivity index is 1.66. The zero-order valence-electron chi connectivity index (χ0n) is 10.1. The monoisotopic (exact) mass is 264 g/mol. The molecule has 96 valence electrons. The standard InChI is InChI=1S/C12H16N4OS/c1-3-10(18-8-1)12-14-11(15-17-12)9-16-6-2-4-13-5-7-16/h1,3,8,13H,2,4-7,9H2. The quantitative estimate of drug-likeness (QED) is 0.912. The molecule has 18 heavy (non-hydrogen) atoms. The van der Waals surface area contributed by atoms with Crippen molar-refractivity contribution in [3.05, 3.63) is 23.3 Å². The summed E-state index contributed by atoms with van der Waals surface area (Å²) in [6.07, 6.45) is 1.18. The Morgan fingerprint density at radius 1 is 1.39 bits per heavy atom. The van der Waals surface area contributed by atoms with Gasteiger partial charge in [-0.1, -0.05) is 11.2 Å². The van der Waals surface area contributed by atoms with E-state index in [-0.39, 0.29) is 0 Å².